The van der Waals surface area contributed by atoms with Crippen molar-refractivity contribution < 1.29 is 14.3 Å². The van der Waals surface area contributed by atoms with Crippen molar-refractivity contribution in [1.82, 2.24) is 15.5 Å². The summed E-state index contributed by atoms with van der Waals surface area (Å²) < 4.78 is 5.06. The highest BCUT2D eigenvalue weighted by atomic mass is 16.5. The van der Waals surface area contributed by atoms with Crippen molar-refractivity contribution in [3.8, 4) is 0 Å². The largest absolute Gasteiger partial charge is 0.383 e. The normalized spacial score (nSPS) is 10.4. The molecular weight excluding hydrogens is 270 g/mol. The number of methoxy groups -OCH3 is 1. The van der Waals surface area contributed by atoms with Crippen LogP contribution in [0.5, 0.6) is 0 Å². The van der Waals surface area contributed by atoms with E-state index in [9.17, 15) is 9.59 Å². The number of imide groups is 1. The van der Waals surface area contributed by atoms with Gasteiger partial charge in [0.15, 0.2) is 0 Å². The maximum Gasteiger partial charge on any atom is 0.321 e. The van der Waals surface area contributed by atoms with Crippen molar-refractivity contribution in [3.05, 3.63) is 35.9 Å². The average Bonchev–Trinajstić information content (AvgIpc) is 2.46. The zero-order valence-corrected chi connectivity index (χ0v) is 12.6. The summed E-state index contributed by atoms with van der Waals surface area (Å²) in [5.41, 5.74) is 1.11. The molecule has 0 bridgehead atoms. The molecule has 0 atom stereocenters. The SMILES string of the molecule is CCNC(=O)NC(=O)CN(CCOC)Cc1ccccc1. The fourth-order valence-corrected chi connectivity index (χ4v) is 1.85. The van der Waals surface area contributed by atoms with E-state index in [2.05, 4.69) is 10.6 Å². The minimum absolute atomic E-state index is 0.148. The van der Waals surface area contributed by atoms with Crippen LogP contribution in [0, 0.1) is 0 Å². The van der Waals surface area contributed by atoms with Crippen molar-refractivity contribution in [2.75, 3.05) is 33.4 Å². The van der Waals surface area contributed by atoms with E-state index >= 15 is 0 Å². The average molecular weight is 293 g/mol. The molecule has 1 rings (SSSR count). The Balaban J connectivity index is 2.52. The van der Waals surface area contributed by atoms with Crippen LogP contribution in [0.2, 0.25) is 0 Å². The molecule has 0 saturated heterocycles. The van der Waals surface area contributed by atoms with Gasteiger partial charge in [-0.1, -0.05) is 30.3 Å². The Bertz CT molecular complexity index is 437. The number of hydrogen-bond acceptors (Lipinski definition) is 4. The summed E-state index contributed by atoms with van der Waals surface area (Å²) in [5.74, 6) is -0.326. The van der Waals surface area contributed by atoms with Gasteiger partial charge in [-0.3, -0.25) is 15.0 Å². The predicted octanol–water partition coefficient (Wildman–Crippen LogP) is 0.981. The maximum absolute atomic E-state index is 11.8. The predicted molar refractivity (Wildman–Crippen MR) is 80.8 cm³/mol. The van der Waals surface area contributed by atoms with Gasteiger partial charge in [-0.25, -0.2) is 4.79 Å². The lowest BCUT2D eigenvalue weighted by Gasteiger charge is -2.21. The summed E-state index contributed by atoms with van der Waals surface area (Å²) in [6.45, 7) is 4.21. The number of nitrogens with zero attached hydrogens (tertiary/aromatic N) is 1. The lowest BCUT2D eigenvalue weighted by atomic mass is 10.2. The first-order valence-corrected chi connectivity index (χ1v) is 6.98. The van der Waals surface area contributed by atoms with Crippen LogP contribution in [0.3, 0.4) is 0 Å². The lowest BCUT2D eigenvalue weighted by molar-refractivity contribution is -0.121. The fraction of sp³-hybridized carbons (Fsp3) is 0.467. The van der Waals surface area contributed by atoms with Gasteiger partial charge >= 0.3 is 6.03 Å². The number of amides is 3. The van der Waals surface area contributed by atoms with E-state index in [-0.39, 0.29) is 12.5 Å². The van der Waals surface area contributed by atoms with E-state index < -0.39 is 6.03 Å². The van der Waals surface area contributed by atoms with Crippen molar-refractivity contribution >= 4 is 11.9 Å². The van der Waals surface area contributed by atoms with E-state index in [1.54, 1.807) is 14.0 Å². The first kappa shape index (κ1) is 17.1. The van der Waals surface area contributed by atoms with Crippen LogP contribution in [0.15, 0.2) is 30.3 Å². The van der Waals surface area contributed by atoms with Gasteiger partial charge in [0.1, 0.15) is 0 Å². The Hall–Kier alpha value is -1.92. The summed E-state index contributed by atoms with van der Waals surface area (Å²) in [5, 5.41) is 4.83. The van der Waals surface area contributed by atoms with E-state index in [1.807, 2.05) is 35.2 Å². The van der Waals surface area contributed by atoms with Crippen LogP contribution in [0.1, 0.15) is 12.5 Å². The molecule has 6 heteroatoms. The third-order valence-corrected chi connectivity index (χ3v) is 2.82. The van der Waals surface area contributed by atoms with Crippen LogP contribution in [-0.2, 0) is 16.1 Å². The summed E-state index contributed by atoms with van der Waals surface area (Å²) in [7, 11) is 1.62. The molecule has 1 aromatic rings. The van der Waals surface area contributed by atoms with Gasteiger partial charge < -0.3 is 10.1 Å². The van der Waals surface area contributed by atoms with Gasteiger partial charge in [-0.05, 0) is 12.5 Å². The first-order valence-electron chi connectivity index (χ1n) is 6.98. The minimum atomic E-state index is -0.464. The smallest absolute Gasteiger partial charge is 0.321 e. The number of carbonyl (C=O) groups is 2. The molecule has 21 heavy (non-hydrogen) atoms. The zero-order valence-electron chi connectivity index (χ0n) is 12.6. The molecule has 2 N–H and O–H groups in total. The zero-order chi connectivity index (χ0) is 15.5. The molecule has 0 heterocycles. The van der Waals surface area contributed by atoms with Crippen molar-refractivity contribution in [2.45, 2.75) is 13.5 Å². The van der Waals surface area contributed by atoms with Gasteiger partial charge in [-0.2, -0.15) is 0 Å². The minimum Gasteiger partial charge on any atom is -0.383 e. The molecule has 0 fully saturated rings. The number of hydrogen-bond donors (Lipinski definition) is 2. The molecule has 0 unspecified atom stereocenters. The molecule has 0 saturated carbocycles. The molecule has 0 spiro atoms. The summed E-state index contributed by atoms with van der Waals surface area (Å²) in [6.07, 6.45) is 0. The number of rotatable bonds is 8. The molecule has 1 aromatic carbocycles. The van der Waals surface area contributed by atoms with Crippen molar-refractivity contribution in [3.63, 3.8) is 0 Å². The second kappa shape index (κ2) is 9.90. The Morgan fingerprint density at radius 3 is 2.57 bits per heavy atom. The highest BCUT2D eigenvalue weighted by molar-refractivity contribution is 5.95. The van der Waals surface area contributed by atoms with E-state index in [4.69, 9.17) is 4.74 Å². The molecule has 6 nitrogen and oxygen atoms in total. The molecular formula is C15H23N3O3. The molecule has 116 valence electrons. The third-order valence-electron chi connectivity index (χ3n) is 2.82. The highest BCUT2D eigenvalue weighted by Crippen LogP contribution is 2.04. The number of nitrogens with one attached hydrogen (secondary N) is 2. The molecule has 0 aliphatic rings. The van der Waals surface area contributed by atoms with Gasteiger partial charge in [0.2, 0.25) is 5.91 Å². The van der Waals surface area contributed by atoms with E-state index in [1.165, 1.54) is 0 Å². The number of ether oxygens (including phenoxy) is 1. The fourth-order valence-electron chi connectivity index (χ4n) is 1.85. The molecule has 0 radical (unpaired) electrons. The quantitative estimate of drug-likeness (QED) is 0.749. The van der Waals surface area contributed by atoms with Crippen LogP contribution >= 0.6 is 0 Å². The van der Waals surface area contributed by atoms with Gasteiger partial charge in [-0.15, -0.1) is 0 Å². The lowest BCUT2D eigenvalue weighted by Crippen LogP contribution is -2.44. The third kappa shape index (κ3) is 7.43. The molecule has 0 aliphatic carbocycles. The van der Waals surface area contributed by atoms with E-state index in [0.29, 0.717) is 26.2 Å². The molecule has 3 amide bonds. The van der Waals surface area contributed by atoms with Crippen LogP contribution in [0.25, 0.3) is 0 Å². The second-order valence-corrected chi connectivity index (χ2v) is 4.60. The summed E-state index contributed by atoms with van der Waals surface area (Å²) in [6, 6.07) is 9.40. The highest BCUT2D eigenvalue weighted by Gasteiger charge is 2.13. The van der Waals surface area contributed by atoms with E-state index in [0.717, 1.165) is 5.56 Å². The van der Waals surface area contributed by atoms with Crippen molar-refractivity contribution in [2.24, 2.45) is 0 Å². The number of benzene rings is 1. The van der Waals surface area contributed by atoms with Gasteiger partial charge in [0, 0.05) is 26.7 Å². The Morgan fingerprint density at radius 1 is 1.24 bits per heavy atom. The standard InChI is InChI=1S/C15H23N3O3/c1-3-16-15(20)17-14(19)12-18(9-10-21-2)11-13-7-5-4-6-8-13/h4-8H,3,9-12H2,1-2H3,(H2,16,17,19,20). The Morgan fingerprint density at radius 2 is 1.95 bits per heavy atom. The number of carbonyl (C=O) groups excluding carboxylic acids is 2. The second-order valence-electron chi connectivity index (χ2n) is 4.60. The summed E-state index contributed by atoms with van der Waals surface area (Å²) in [4.78, 5) is 25.1. The van der Waals surface area contributed by atoms with Gasteiger partial charge in [0.05, 0.1) is 13.2 Å². The van der Waals surface area contributed by atoms with Crippen LogP contribution in [-0.4, -0.2) is 50.2 Å². The Kier molecular flexibility index (Phi) is 8.08. The number of urea groups is 1. The first-order chi connectivity index (χ1) is 10.2. The maximum atomic E-state index is 11.8. The summed E-state index contributed by atoms with van der Waals surface area (Å²) >= 11 is 0. The Labute approximate surface area is 125 Å². The molecule has 0 aromatic heterocycles. The topological polar surface area (TPSA) is 70.7 Å². The molecule has 0 aliphatic heterocycles. The van der Waals surface area contributed by atoms with Crippen LogP contribution in [0.4, 0.5) is 4.79 Å². The monoisotopic (exact) mass is 293 g/mol. The van der Waals surface area contributed by atoms with Crippen molar-refractivity contribution in [1.29, 1.82) is 0 Å². The van der Waals surface area contributed by atoms with Gasteiger partial charge in [0.25, 0.3) is 0 Å². The van der Waals surface area contributed by atoms with Crippen LogP contribution < -0.4 is 10.6 Å².